The number of carbonyl (C=O) groups is 1. The molecule has 0 aromatic heterocycles. The molecule has 0 saturated carbocycles. The van der Waals surface area contributed by atoms with Gasteiger partial charge in [-0.25, -0.2) is 4.79 Å². The smallest absolute Gasteiger partial charge is 0.326 e. The fourth-order valence-electron chi connectivity index (χ4n) is 1.99. The lowest BCUT2D eigenvalue weighted by molar-refractivity contribution is -0.385. The molecule has 1 rings (SSSR count). The molecule has 0 spiro atoms. The molecule has 0 aliphatic heterocycles. The molecule has 1 unspecified atom stereocenters. The van der Waals surface area contributed by atoms with E-state index >= 15 is 0 Å². The third kappa shape index (κ3) is 4.08. The van der Waals surface area contributed by atoms with Crippen molar-refractivity contribution in [1.29, 1.82) is 0 Å². The first-order valence-electron chi connectivity index (χ1n) is 6.79. The number of likely N-dealkylation sites (N-methyl/N-ethyl adjacent to an activating group) is 1. The van der Waals surface area contributed by atoms with Crippen molar-refractivity contribution in [3.63, 3.8) is 0 Å². The first-order valence-corrected chi connectivity index (χ1v) is 6.79. The first-order chi connectivity index (χ1) is 9.92. The number of carboxylic acids is 1. The fraction of sp³-hybridized carbons (Fsp3) is 0.500. The molecular weight excluding hydrogens is 276 g/mol. The third-order valence-corrected chi connectivity index (χ3v) is 3.15. The van der Waals surface area contributed by atoms with Gasteiger partial charge in [0.15, 0.2) is 5.75 Å². The number of nitro groups is 1. The van der Waals surface area contributed by atoms with E-state index in [0.29, 0.717) is 18.7 Å². The van der Waals surface area contributed by atoms with Crippen LogP contribution in [0.15, 0.2) is 18.2 Å². The van der Waals surface area contributed by atoms with Crippen molar-refractivity contribution in [3.8, 4) is 5.75 Å². The maximum atomic E-state index is 11.2. The van der Waals surface area contributed by atoms with E-state index in [9.17, 15) is 20.0 Å². The highest BCUT2D eigenvalue weighted by Gasteiger charge is 2.23. The molecule has 1 N–H and O–H groups in total. The fourth-order valence-corrected chi connectivity index (χ4v) is 1.99. The summed E-state index contributed by atoms with van der Waals surface area (Å²) in [5.74, 6) is -0.777. The molecule has 1 aromatic carbocycles. The molecule has 0 fully saturated rings. The zero-order valence-corrected chi connectivity index (χ0v) is 12.4. The van der Waals surface area contributed by atoms with Gasteiger partial charge in [0.05, 0.1) is 11.5 Å². The monoisotopic (exact) mass is 296 g/mol. The van der Waals surface area contributed by atoms with Gasteiger partial charge in [-0.3, -0.25) is 10.1 Å². The molecule has 1 atom stereocenters. The van der Waals surface area contributed by atoms with Crippen molar-refractivity contribution in [1.82, 2.24) is 0 Å². The summed E-state index contributed by atoms with van der Waals surface area (Å²) >= 11 is 0. The maximum absolute atomic E-state index is 11.2. The highest BCUT2D eigenvalue weighted by Crippen LogP contribution is 2.32. The highest BCUT2D eigenvalue weighted by molar-refractivity contribution is 5.78. The SMILES string of the molecule is CCCOc1cc(N(C)C(CC)C(=O)O)ccc1[N+](=O)[O-]. The predicted octanol–water partition coefficient (Wildman–Crippen LogP) is 2.68. The number of rotatable bonds is 8. The summed E-state index contributed by atoms with van der Waals surface area (Å²) in [6.07, 6.45) is 1.15. The van der Waals surface area contributed by atoms with Gasteiger partial charge in [0.1, 0.15) is 6.04 Å². The molecule has 0 aliphatic rings. The van der Waals surface area contributed by atoms with E-state index in [2.05, 4.69) is 0 Å². The van der Waals surface area contributed by atoms with Gasteiger partial charge in [0.2, 0.25) is 0 Å². The van der Waals surface area contributed by atoms with Crippen molar-refractivity contribution in [2.24, 2.45) is 0 Å². The number of ether oxygens (including phenoxy) is 1. The van der Waals surface area contributed by atoms with Gasteiger partial charge in [-0.2, -0.15) is 0 Å². The normalized spacial score (nSPS) is 11.8. The van der Waals surface area contributed by atoms with Gasteiger partial charge < -0.3 is 14.7 Å². The van der Waals surface area contributed by atoms with Crippen LogP contribution >= 0.6 is 0 Å². The molecule has 116 valence electrons. The average Bonchev–Trinajstić information content (AvgIpc) is 2.44. The number of carboxylic acid groups (broad SMARTS) is 1. The number of hydrogen-bond acceptors (Lipinski definition) is 5. The highest BCUT2D eigenvalue weighted by atomic mass is 16.6. The van der Waals surface area contributed by atoms with Crippen LogP contribution in [0.3, 0.4) is 0 Å². The molecule has 0 aliphatic carbocycles. The van der Waals surface area contributed by atoms with Gasteiger partial charge in [0.25, 0.3) is 0 Å². The molecule has 0 amide bonds. The Kier molecular flexibility index (Phi) is 5.95. The maximum Gasteiger partial charge on any atom is 0.326 e. The zero-order chi connectivity index (χ0) is 16.0. The van der Waals surface area contributed by atoms with Crippen LogP contribution in [0.2, 0.25) is 0 Å². The van der Waals surface area contributed by atoms with Gasteiger partial charge in [-0.05, 0) is 18.9 Å². The van der Waals surface area contributed by atoms with Crippen LogP contribution in [0.25, 0.3) is 0 Å². The average molecular weight is 296 g/mol. The van der Waals surface area contributed by atoms with E-state index in [1.807, 2.05) is 6.92 Å². The van der Waals surface area contributed by atoms with Crippen LogP contribution in [0, 0.1) is 10.1 Å². The Labute approximate surface area is 123 Å². The van der Waals surface area contributed by atoms with Crippen molar-refractivity contribution < 1.29 is 19.6 Å². The third-order valence-electron chi connectivity index (χ3n) is 3.15. The van der Waals surface area contributed by atoms with E-state index < -0.39 is 16.9 Å². The molecule has 0 heterocycles. The van der Waals surface area contributed by atoms with Crippen molar-refractivity contribution >= 4 is 17.3 Å². The minimum absolute atomic E-state index is 0.121. The van der Waals surface area contributed by atoms with E-state index in [-0.39, 0.29) is 11.4 Å². The number of anilines is 1. The zero-order valence-electron chi connectivity index (χ0n) is 12.4. The Morgan fingerprint density at radius 1 is 1.48 bits per heavy atom. The Morgan fingerprint density at radius 3 is 2.62 bits per heavy atom. The van der Waals surface area contributed by atoms with Gasteiger partial charge in [-0.1, -0.05) is 13.8 Å². The minimum Gasteiger partial charge on any atom is -0.487 e. The van der Waals surface area contributed by atoms with Gasteiger partial charge in [-0.15, -0.1) is 0 Å². The van der Waals surface area contributed by atoms with Crippen LogP contribution in [-0.2, 0) is 4.79 Å². The van der Waals surface area contributed by atoms with Gasteiger partial charge in [0, 0.05) is 24.9 Å². The summed E-state index contributed by atoms with van der Waals surface area (Å²) < 4.78 is 5.40. The number of nitrogens with zero attached hydrogens (tertiary/aromatic N) is 2. The topological polar surface area (TPSA) is 92.9 Å². The molecule has 1 aromatic rings. The predicted molar refractivity (Wildman–Crippen MR) is 79.0 cm³/mol. The van der Waals surface area contributed by atoms with Crippen LogP contribution in [0.4, 0.5) is 11.4 Å². The number of benzene rings is 1. The largest absolute Gasteiger partial charge is 0.487 e. The molecule has 0 saturated heterocycles. The summed E-state index contributed by atoms with van der Waals surface area (Å²) in [6, 6.07) is 3.69. The first kappa shape index (κ1) is 16.7. The Hall–Kier alpha value is -2.31. The molecule has 21 heavy (non-hydrogen) atoms. The van der Waals surface area contributed by atoms with E-state index in [1.54, 1.807) is 18.9 Å². The summed E-state index contributed by atoms with van der Waals surface area (Å²) in [6.45, 7) is 4.04. The van der Waals surface area contributed by atoms with Crippen molar-refractivity contribution in [3.05, 3.63) is 28.3 Å². The van der Waals surface area contributed by atoms with Crippen molar-refractivity contribution in [2.45, 2.75) is 32.7 Å². The van der Waals surface area contributed by atoms with Gasteiger partial charge >= 0.3 is 11.7 Å². The number of aliphatic carboxylic acids is 1. The molecule has 7 nitrogen and oxygen atoms in total. The lowest BCUT2D eigenvalue weighted by Crippen LogP contribution is -2.37. The number of nitro benzene ring substituents is 1. The van der Waals surface area contributed by atoms with Crippen LogP contribution in [-0.4, -0.2) is 35.7 Å². The van der Waals surface area contributed by atoms with E-state index in [0.717, 1.165) is 6.42 Å². The van der Waals surface area contributed by atoms with E-state index in [1.165, 1.54) is 18.2 Å². The molecule has 0 radical (unpaired) electrons. The summed E-state index contributed by atoms with van der Waals surface area (Å²) in [7, 11) is 1.65. The minimum atomic E-state index is -0.936. The standard InChI is InChI=1S/C14H20N2O5/c1-4-8-21-13-9-10(6-7-12(13)16(19)20)15(3)11(5-2)14(17)18/h6-7,9,11H,4-5,8H2,1-3H3,(H,17,18). The molecule has 0 bridgehead atoms. The number of hydrogen-bond donors (Lipinski definition) is 1. The lowest BCUT2D eigenvalue weighted by atomic mass is 10.1. The van der Waals surface area contributed by atoms with Crippen molar-refractivity contribution in [2.75, 3.05) is 18.6 Å². The Bertz CT molecular complexity index is 518. The quantitative estimate of drug-likeness (QED) is 0.585. The second-order valence-electron chi connectivity index (χ2n) is 4.63. The molecular formula is C14H20N2O5. The van der Waals surface area contributed by atoms with Crippen LogP contribution in [0.1, 0.15) is 26.7 Å². The Morgan fingerprint density at radius 2 is 2.14 bits per heavy atom. The summed E-state index contributed by atoms with van der Waals surface area (Å²) in [4.78, 5) is 23.2. The second kappa shape index (κ2) is 7.47. The van der Waals surface area contributed by atoms with Crippen LogP contribution < -0.4 is 9.64 Å². The van der Waals surface area contributed by atoms with E-state index in [4.69, 9.17) is 4.74 Å². The lowest BCUT2D eigenvalue weighted by Gasteiger charge is -2.26. The molecule has 7 heteroatoms. The van der Waals surface area contributed by atoms with Crippen LogP contribution in [0.5, 0.6) is 5.75 Å². The Balaban J connectivity index is 3.14. The summed E-state index contributed by atoms with van der Waals surface area (Å²) in [5, 5.41) is 20.2. The summed E-state index contributed by atoms with van der Waals surface area (Å²) in [5.41, 5.74) is 0.449. The second-order valence-corrected chi connectivity index (χ2v) is 4.63.